The average molecular weight is 153 g/mol. The fraction of sp³-hybridized carbons (Fsp3) is 0.250. The van der Waals surface area contributed by atoms with Crippen molar-refractivity contribution < 1.29 is 5.21 Å². The lowest BCUT2D eigenvalue weighted by atomic mass is 10.2. The maximum absolute atomic E-state index is 8.11. The highest BCUT2D eigenvalue weighted by Crippen LogP contribution is 1.99. The molecule has 0 aromatic heterocycles. The molecule has 0 saturated carbocycles. The molecule has 0 atom stereocenters. The van der Waals surface area contributed by atoms with Crippen LogP contribution in [0.15, 0.2) is 29.6 Å². The minimum Gasteiger partial charge on any atom is -0.379 e. The van der Waals surface area contributed by atoms with E-state index in [2.05, 4.69) is 38.1 Å². The molecule has 0 radical (unpaired) electrons. The van der Waals surface area contributed by atoms with Crippen molar-refractivity contribution in [2.24, 2.45) is 5.34 Å². The smallest absolute Gasteiger partial charge is 0.152 e. The molecule has 0 spiro atoms. The van der Waals surface area contributed by atoms with Crippen LogP contribution in [0.3, 0.4) is 0 Å². The summed E-state index contributed by atoms with van der Waals surface area (Å²) in [7, 11) is 0. The molecular weight excluding hydrogens is 142 g/mol. The molecule has 0 saturated heterocycles. The number of nitrogens with zero attached hydrogens (tertiary/aromatic N) is 1. The zero-order valence-electron chi connectivity index (χ0n) is 6.61. The first-order valence-electron chi connectivity index (χ1n) is 3.20. The molecule has 3 nitrogen and oxygen atoms in total. The molecule has 0 aliphatic heterocycles. The quantitative estimate of drug-likeness (QED) is 0.459. The molecular formula is C8H11NO2. The number of hydrogen-bond donors (Lipinski definition) is 1. The van der Waals surface area contributed by atoms with Gasteiger partial charge < -0.3 is 5.21 Å². The fourth-order valence-corrected chi connectivity index (χ4v) is 0.637. The monoisotopic (exact) mass is 153 g/mol. The summed E-state index contributed by atoms with van der Waals surface area (Å²) in [6, 6.07) is 8.48. The maximum atomic E-state index is 8.11. The van der Waals surface area contributed by atoms with E-state index in [9.17, 15) is 0 Å². The van der Waals surface area contributed by atoms with Crippen LogP contribution in [0.25, 0.3) is 0 Å². The normalized spacial score (nSPS) is 7.82. The Bertz CT molecular complexity index is 185. The molecule has 0 bridgehead atoms. The van der Waals surface area contributed by atoms with Crippen LogP contribution in [0.1, 0.15) is 11.1 Å². The molecule has 1 N–H and O–H groups in total. The Kier molecular flexibility index (Phi) is 4.73. The standard InChI is InChI=1S/C8H10.HNO2/c1-7-3-5-8(2)6-4-7;2-1-3/h3-6H,1-2H3;(H,2,3). The van der Waals surface area contributed by atoms with Crippen molar-refractivity contribution in [3.63, 3.8) is 0 Å². The first-order valence-corrected chi connectivity index (χ1v) is 3.20. The molecule has 1 aromatic rings. The van der Waals surface area contributed by atoms with Crippen molar-refractivity contribution >= 4 is 0 Å². The van der Waals surface area contributed by atoms with E-state index >= 15 is 0 Å². The lowest BCUT2D eigenvalue weighted by Crippen LogP contribution is -1.70. The Hall–Kier alpha value is -1.38. The van der Waals surface area contributed by atoms with Crippen LogP contribution < -0.4 is 0 Å². The van der Waals surface area contributed by atoms with Gasteiger partial charge in [0.1, 0.15) is 0 Å². The van der Waals surface area contributed by atoms with E-state index in [1.807, 2.05) is 0 Å². The molecule has 0 amide bonds. The molecule has 60 valence electrons. The first-order chi connectivity index (χ1) is 5.20. The van der Waals surface area contributed by atoms with Crippen molar-refractivity contribution in [2.75, 3.05) is 0 Å². The van der Waals surface area contributed by atoms with Gasteiger partial charge in [-0.25, -0.2) is 0 Å². The van der Waals surface area contributed by atoms with E-state index in [1.54, 1.807) is 0 Å². The minimum absolute atomic E-state index is 1.25. The number of rotatable bonds is 0. The second-order valence-electron chi connectivity index (χ2n) is 2.24. The van der Waals surface area contributed by atoms with Gasteiger partial charge in [0.2, 0.25) is 0 Å². The number of aryl methyl sites for hydroxylation is 2. The lowest BCUT2D eigenvalue weighted by molar-refractivity contribution is 0.312. The highest BCUT2D eigenvalue weighted by atomic mass is 16.6. The molecule has 0 unspecified atom stereocenters. The van der Waals surface area contributed by atoms with Crippen LogP contribution in [0, 0.1) is 18.8 Å². The zero-order valence-corrected chi connectivity index (χ0v) is 6.61. The SMILES string of the molecule is Cc1ccc(C)cc1.O=NO. The van der Waals surface area contributed by atoms with E-state index in [0.717, 1.165) is 0 Å². The van der Waals surface area contributed by atoms with Gasteiger partial charge in [-0.2, -0.15) is 0 Å². The van der Waals surface area contributed by atoms with Crippen LogP contribution >= 0.6 is 0 Å². The topological polar surface area (TPSA) is 49.7 Å². The van der Waals surface area contributed by atoms with Crippen LogP contribution in [0.4, 0.5) is 0 Å². The molecule has 3 heteroatoms. The molecule has 11 heavy (non-hydrogen) atoms. The Labute approximate surface area is 65.6 Å². The van der Waals surface area contributed by atoms with Crippen molar-refractivity contribution in [1.29, 1.82) is 0 Å². The largest absolute Gasteiger partial charge is 0.379 e. The Morgan fingerprint density at radius 1 is 1.09 bits per heavy atom. The number of benzene rings is 1. The van der Waals surface area contributed by atoms with Gasteiger partial charge in [0, 0.05) is 0 Å². The van der Waals surface area contributed by atoms with E-state index in [-0.39, 0.29) is 0 Å². The summed E-state index contributed by atoms with van der Waals surface area (Å²) >= 11 is 0. The van der Waals surface area contributed by atoms with Crippen molar-refractivity contribution in [3.8, 4) is 0 Å². The molecule has 0 aliphatic carbocycles. The average Bonchev–Trinajstić information content (AvgIpc) is 1.97. The predicted octanol–water partition coefficient (Wildman–Crippen LogP) is 2.45. The van der Waals surface area contributed by atoms with E-state index in [0.29, 0.717) is 0 Å². The second-order valence-corrected chi connectivity index (χ2v) is 2.24. The van der Waals surface area contributed by atoms with Gasteiger partial charge in [0.05, 0.1) is 0 Å². The van der Waals surface area contributed by atoms with Crippen molar-refractivity contribution in [1.82, 2.24) is 0 Å². The van der Waals surface area contributed by atoms with Crippen molar-refractivity contribution in [3.05, 3.63) is 40.3 Å². The van der Waals surface area contributed by atoms with Crippen molar-refractivity contribution in [2.45, 2.75) is 13.8 Å². The molecule has 1 aromatic carbocycles. The van der Waals surface area contributed by atoms with Gasteiger partial charge in [0.25, 0.3) is 0 Å². The van der Waals surface area contributed by atoms with Crippen LogP contribution in [-0.4, -0.2) is 5.21 Å². The summed E-state index contributed by atoms with van der Waals surface area (Å²) in [5, 5.41) is 7.89. The summed E-state index contributed by atoms with van der Waals surface area (Å²) in [6.07, 6.45) is 0. The Morgan fingerprint density at radius 2 is 1.27 bits per heavy atom. The maximum Gasteiger partial charge on any atom is 0.152 e. The third-order valence-corrected chi connectivity index (χ3v) is 1.22. The van der Waals surface area contributed by atoms with Gasteiger partial charge in [-0.1, -0.05) is 35.4 Å². The second kappa shape index (κ2) is 5.41. The zero-order chi connectivity index (χ0) is 8.69. The summed E-state index contributed by atoms with van der Waals surface area (Å²) in [5.41, 5.74) is 2.66. The third kappa shape index (κ3) is 5.08. The van der Waals surface area contributed by atoms with Crippen LogP contribution in [-0.2, 0) is 0 Å². The summed E-state index contributed by atoms with van der Waals surface area (Å²) in [5.74, 6) is 0. The highest BCUT2D eigenvalue weighted by molar-refractivity contribution is 5.19. The molecule has 0 heterocycles. The molecule has 0 fully saturated rings. The minimum atomic E-state index is 1.25. The summed E-state index contributed by atoms with van der Waals surface area (Å²) in [4.78, 5) is 8.11. The third-order valence-electron chi connectivity index (χ3n) is 1.22. The lowest BCUT2D eigenvalue weighted by Gasteiger charge is -1.90. The van der Waals surface area contributed by atoms with Crippen LogP contribution in [0.2, 0.25) is 0 Å². The molecule has 1 rings (SSSR count). The van der Waals surface area contributed by atoms with Gasteiger partial charge in [-0.3, -0.25) is 0 Å². The van der Waals surface area contributed by atoms with Gasteiger partial charge in [0.15, 0.2) is 5.34 Å². The first kappa shape index (κ1) is 9.62. The van der Waals surface area contributed by atoms with Crippen LogP contribution in [0.5, 0.6) is 0 Å². The Balaban J connectivity index is 0.000000292. The summed E-state index contributed by atoms with van der Waals surface area (Å²) in [6.45, 7) is 4.19. The summed E-state index contributed by atoms with van der Waals surface area (Å²) < 4.78 is 0. The molecule has 0 aliphatic rings. The van der Waals surface area contributed by atoms with E-state index < -0.39 is 0 Å². The van der Waals surface area contributed by atoms with Gasteiger partial charge >= 0.3 is 0 Å². The number of hydrogen-bond acceptors (Lipinski definition) is 2. The van der Waals surface area contributed by atoms with E-state index in [4.69, 9.17) is 10.1 Å². The highest BCUT2D eigenvalue weighted by Gasteiger charge is 1.79. The van der Waals surface area contributed by atoms with Gasteiger partial charge in [-0.15, -0.1) is 4.91 Å². The van der Waals surface area contributed by atoms with E-state index in [1.165, 1.54) is 16.5 Å². The fourth-order valence-electron chi connectivity index (χ4n) is 0.637. The predicted molar refractivity (Wildman–Crippen MR) is 43.5 cm³/mol. The Morgan fingerprint density at radius 3 is 1.45 bits per heavy atom. The van der Waals surface area contributed by atoms with Gasteiger partial charge in [-0.05, 0) is 13.8 Å².